The Labute approximate surface area is 180 Å². The van der Waals surface area contributed by atoms with E-state index in [-0.39, 0.29) is 33.9 Å². The van der Waals surface area contributed by atoms with Crippen molar-refractivity contribution in [3.05, 3.63) is 58.9 Å². The van der Waals surface area contributed by atoms with E-state index >= 15 is 0 Å². The summed E-state index contributed by atoms with van der Waals surface area (Å²) < 4.78 is 38.6. The Bertz CT molecular complexity index is 1050. The summed E-state index contributed by atoms with van der Waals surface area (Å²) in [5.74, 6) is -1.74. The minimum Gasteiger partial charge on any atom is -0.350 e. The average Bonchev–Trinajstić information content (AvgIpc) is 2.67. The van der Waals surface area contributed by atoms with Crippen LogP contribution in [-0.2, 0) is 14.8 Å². The predicted octanol–water partition coefficient (Wildman–Crippen LogP) is 3.41. The zero-order valence-electron chi connectivity index (χ0n) is 16.8. The van der Waals surface area contributed by atoms with Crippen molar-refractivity contribution in [2.24, 2.45) is 0 Å². The van der Waals surface area contributed by atoms with Gasteiger partial charge in [0.25, 0.3) is 5.91 Å². The molecule has 0 fully saturated rings. The van der Waals surface area contributed by atoms with E-state index in [2.05, 4.69) is 10.6 Å². The van der Waals surface area contributed by atoms with Crippen molar-refractivity contribution in [3.8, 4) is 0 Å². The number of rotatable bonds is 8. The molecule has 10 heteroatoms. The third-order valence-electron chi connectivity index (χ3n) is 4.31. The number of para-hydroxylation sites is 1. The van der Waals surface area contributed by atoms with Crippen LogP contribution in [0.1, 0.15) is 30.6 Å². The van der Waals surface area contributed by atoms with E-state index in [9.17, 15) is 22.4 Å². The van der Waals surface area contributed by atoms with Gasteiger partial charge in [-0.3, -0.25) is 13.9 Å². The van der Waals surface area contributed by atoms with Crippen LogP contribution in [0.3, 0.4) is 0 Å². The number of anilines is 2. The Hall–Kier alpha value is -2.65. The number of nitrogens with one attached hydrogen (secondary N) is 2. The van der Waals surface area contributed by atoms with Crippen molar-refractivity contribution in [2.75, 3.05) is 22.4 Å². The summed E-state index contributed by atoms with van der Waals surface area (Å²) >= 11 is 5.74. The topological polar surface area (TPSA) is 95.6 Å². The fourth-order valence-electron chi connectivity index (χ4n) is 2.55. The first-order chi connectivity index (χ1) is 14.0. The van der Waals surface area contributed by atoms with Crippen LogP contribution in [0.2, 0.25) is 5.02 Å². The van der Waals surface area contributed by atoms with Gasteiger partial charge < -0.3 is 10.6 Å². The highest BCUT2D eigenvalue weighted by Gasteiger charge is 2.23. The Morgan fingerprint density at radius 3 is 2.47 bits per heavy atom. The van der Waals surface area contributed by atoms with Crippen LogP contribution in [-0.4, -0.2) is 39.1 Å². The van der Waals surface area contributed by atoms with Crippen molar-refractivity contribution in [2.45, 2.75) is 26.3 Å². The number of nitrogens with zero attached hydrogens (tertiary/aromatic N) is 1. The zero-order chi connectivity index (χ0) is 22.5. The first-order valence-electron chi connectivity index (χ1n) is 9.15. The van der Waals surface area contributed by atoms with E-state index in [1.54, 1.807) is 24.3 Å². The average molecular weight is 456 g/mol. The van der Waals surface area contributed by atoms with Gasteiger partial charge in [-0.25, -0.2) is 12.8 Å². The fraction of sp³-hybridized carbons (Fsp3) is 0.300. The van der Waals surface area contributed by atoms with E-state index < -0.39 is 28.3 Å². The molecule has 0 heterocycles. The molecule has 0 radical (unpaired) electrons. The molecule has 0 saturated heterocycles. The van der Waals surface area contributed by atoms with E-state index in [0.717, 1.165) is 29.1 Å². The van der Waals surface area contributed by atoms with E-state index in [1.807, 2.05) is 13.8 Å². The predicted molar refractivity (Wildman–Crippen MR) is 116 cm³/mol. The summed E-state index contributed by atoms with van der Waals surface area (Å²) in [6, 6.07) is 9.70. The molecule has 2 amide bonds. The number of carbonyl (C=O) groups excluding carboxylic acids is 2. The summed E-state index contributed by atoms with van der Waals surface area (Å²) in [4.78, 5) is 25.1. The lowest BCUT2D eigenvalue weighted by Crippen LogP contribution is -2.38. The third kappa shape index (κ3) is 6.17. The molecule has 7 nitrogen and oxygen atoms in total. The second-order valence-corrected chi connectivity index (χ2v) is 9.06. The van der Waals surface area contributed by atoms with Gasteiger partial charge in [-0.05, 0) is 43.7 Å². The van der Waals surface area contributed by atoms with Crippen LogP contribution in [0.4, 0.5) is 15.8 Å². The van der Waals surface area contributed by atoms with Crippen LogP contribution in [0.5, 0.6) is 0 Å². The Morgan fingerprint density at radius 2 is 1.87 bits per heavy atom. The number of halogens is 2. The first-order valence-corrected chi connectivity index (χ1v) is 11.4. The number of benzene rings is 2. The van der Waals surface area contributed by atoms with Gasteiger partial charge in [0.1, 0.15) is 12.4 Å². The second kappa shape index (κ2) is 9.90. The summed E-state index contributed by atoms with van der Waals surface area (Å²) in [7, 11) is -3.87. The van der Waals surface area contributed by atoms with Crippen molar-refractivity contribution < 1.29 is 22.4 Å². The molecular formula is C20H23ClFN3O4S. The standard InChI is InChI=1S/C20H23ClFN3O4S/c1-4-13(2)23-20(27)15-7-5-6-8-18(15)24-19(26)12-25(30(3,28)29)14-9-10-17(22)16(21)11-14/h5-11,13H,4,12H2,1-3H3,(H,23,27)(H,24,26)/t13-/m1/s1. The van der Waals surface area contributed by atoms with Crippen LogP contribution < -0.4 is 14.9 Å². The SMILES string of the molecule is CC[C@@H](C)NC(=O)c1ccccc1NC(=O)CN(c1ccc(F)c(Cl)c1)S(C)(=O)=O. The fourth-order valence-corrected chi connectivity index (χ4v) is 3.58. The van der Waals surface area contributed by atoms with Gasteiger partial charge >= 0.3 is 0 Å². The maximum atomic E-state index is 13.4. The van der Waals surface area contributed by atoms with E-state index in [1.165, 1.54) is 6.07 Å². The van der Waals surface area contributed by atoms with Crippen LogP contribution >= 0.6 is 11.6 Å². The summed E-state index contributed by atoms with van der Waals surface area (Å²) in [6.07, 6.45) is 1.66. The lowest BCUT2D eigenvalue weighted by molar-refractivity contribution is -0.114. The van der Waals surface area contributed by atoms with Gasteiger partial charge in [0.05, 0.1) is 28.2 Å². The van der Waals surface area contributed by atoms with E-state index in [0.29, 0.717) is 0 Å². The third-order valence-corrected chi connectivity index (χ3v) is 5.74. The Morgan fingerprint density at radius 1 is 1.20 bits per heavy atom. The number of hydrogen-bond donors (Lipinski definition) is 2. The summed E-state index contributed by atoms with van der Waals surface area (Å²) in [5, 5.41) is 5.11. The summed E-state index contributed by atoms with van der Waals surface area (Å²) in [6.45, 7) is 3.21. The van der Waals surface area contributed by atoms with Crippen LogP contribution in [0.25, 0.3) is 0 Å². The molecule has 0 bridgehead atoms. The molecule has 162 valence electrons. The Balaban J connectivity index is 2.24. The number of amides is 2. The molecule has 0 aromatic heterocycles. The quantitative estimate of drug-likeness (QED) is 0.637. The smallest absolute Gasteiger partial charge is 0.253 e. The van der Waals surface area contributed by atoms with Gasteiger partial charge in [-0.1, -0.05) is 30.7 Å². The molecule has 2 aromatic carbocycles. The highest BCUT2D eigenvalue weighted by Crippen LogP contribution is 2.24. The van der Waals surface area contributed by atoms with Crippen LogP contribution in [0, 0.1) is 5.82 Å². The van der Waals surface area contributed by atoms with Crippen molar-refractivity contribution in [3.63, 3.8) is 0 Å². The van der Waals surface area contributed by atoms with Gasteiger partial charge in [-0.15, -0.1) is 0 Å². The minimum absolute atomic E-state index is 0.0434. The molecule has 0 aliphatic carbocycles. The molecule has 0 spiro atoms. The van der Waals surface area contributed by atoms with Gasteiger partial charge in [0.15, 0.2) is 0 Å². The summed E-state index contributed by atoms with van der Waals surface area (Å²) in [5.41, 5.74) is 0.539. The maximum Gasteiger partial charge on any atom is 0.253 e. The largest absolute Gasteiger partial charge is 0.350 e. The van der Waals surface area contributed by atoms with E-state index in [4.69, 9.17) is 11.6 Å². The normalized spacial score (nSPS) is 12.2. The molecule has 0 aliphatic heterocycles. The van der Waals surface area contributed by atoms with Crippen molar-refractivity contribution in [1.29, 1.82) is 0 Å². The minimum atomic E-state index is -3.87. The lowest BCUT2D eigenvalue weighted by Gasteiger charge is -2.22. The lowest BCUT2D eigenvalue weighted by atomic mass is 10.1. The van der Waals surface area contributed by atoms with Gasteiger partial charge in [-0.2, -0.15) is 0 Å². The molecule has 0 saturated carbocycles. The van der Waals surface area contributed by atoms with Crippen molar-refractivity contribution in [1.82, 2.24) is 5.32 Å². The maximum absolute atomic E-state index is 13.4. The molecule has 0 aliphatic rings. The molecular weight excluding hydrogens is 433 g/mol. The van der Waals surface area contributed by atoms with Gasteiger partial charge in [0, 0.05) is 6.04 Å². The molecule has 0 unspecified atom stereocenters. The van der Waals surface area contributed by atoms with Crippen LogP contribution in [0.15, 0.2) is 42.5 Å². The highest BCUT2D eigenvalue weighted by molar-refractivity contribution is 7.92. The molecule has 1 atom stereocenters. The van der Waals surface area contributed by atoms with Crippen molar-refractivity contribution >= 4 is 44.8 Å². The number of sulfonamides is 1. The number of carbonyl (C=O) groups is 2. The first kappa shape index (κ1) is 23.6. The van der Waals surface area contributed by atoms with Gasteiger partial charge in [0.2, 0.25) is 15.9 Å². The molecule has 30 heavy (non-hydrogen) atoms. The monoisotopic (exact) mass is 455 g/mol. The molecule has 2 N–H and O–H groups in total. The molecule has 2 aromatic rings. The molecule has 2 rings (SSSR count). The zero-order valence-corrected chi connectivity index (χ0v) is 18.3. The number of hydrogen-bond acceptors (Lipinski definition) is 4. The highest BCUT2D eigenvalue weighted by atomic mass is 35.5. The Kier molecular flexibility index (Phi) is 7.80. The second-order valence-electron chi connectivity index (χ2n) is 6.74.